The Labute approximate surface area is 110 Å². The summed E-state index contributed by atoms with van der Waals surface area (Å²) in [6, 6.07) is 7.79. The first-order valence-corrected chi connectivity index (χ1v) is 7.20. The highest BCUT2D eigenvalue weighted by molar-refractivity contribution is 5.30. The van der Waals surface area contributed by atoms with Gasteiger partial charge in [0, 0.05) is 0 Å². The van der Waals surface area contributed by atoms with Gasteiger partial charge in [0.25, 0.3) is 0 Å². The smallest absolute Gasteiger partial charge is 0.115 e. The van der Waals surface area contributed by atoms with Gasteiger partial charge < -0.3 is 10.4 Å². The lowest BCUT2D eigenvalue weighted by molar-refractivity contribution is 0.350. The third-order valence-electron chi connectivity index (χ3n) is 4.29. The molecule has 1 aromatic carbocycles. The quantitative estimate of drug-likeness (QED) is 0.834. The summed E-state index contributed by atoms with van der Waals surface area (Å²) in [5, 5.41) is 13.1. The molecule has 1 saturated heterocycles. The molecule has 2 heteroatoms. The van der Waals surface area contributed by atoms with Crippen molar-refractivity contribution in [2.75, 3.05) is 13.1 Å². The molecule has 0 aliphatic carbocycles. The second kappa shape index (κ2) is 6.24. The average molecular weight is 247 g/mol. The molecule has 0 spiro atoms. The van der Waals surface area contributed by atoms with Crippen molar-refractivity contribution < 1.29 is 5.11 Å². The molecule has 1 heterocycles. The molecule has 3 atom stereocenters. The molecule has 0 amide bonds. The second-order valence-corrected chi connectivity index (χ2v) is 5.68. The highest BCUT2D eigenvalue weighted by Gasteiger charge is 2.23. The number of benzene rings is 1. The van der Waals surface area contributed by atoms with Crippen LogP contribution in [0.15, 0.2) is 24.3 Å². The molecule has 0 aromatic heterocycles. The van der Waals surface area contributed by atoms with Crippen LogP contribution in [0.3, 0.4) is 0 Å². The van der Waals surface area contributed by atoms with Crippen molar-refractivity contribution >= 4 is 0 Å². The predicted octanol–water partition coefficient (Wildman–Crippen LogP) is 3.52. The van der Waals surface area contributed by atoms with E-state index in [4.69, 9.17) is 0 Å². The minimum Gasteiger partial charge on any atom is -0.508 e. The van der Waals surface area contributed by atoms with Gasteiger partial charge in [-0.05, 0) is 67.8 Å². The zero-order chi connectivity index (χ0) is 13.0. The SMILES string of the molecule is CCC(c1cccc(O)c1)C(C)CC1CCNC1. The van der Waals surface area contributed by atoms with E-state index in [0.717, 1.165) is 12.3 Å². The third-order valence-corrected chi connectivity index (χ3v) is 4.29. The first-order valence-electron chi connectivity index (χ1n) is 7.20. The Kier molecular flexibility index (Phi) is 4.65. The summed E-state index contributed by atoms with van der Waals surface area (Å²) in [6.07, 6.45) is 3.76. The molecule has 1 aliphatic rings. The van der Waals surface area contributed by atoms with E-state index in [9.17, 15) is 5.11 Å². The lowest BCUT2D eigenvalue weighted by Crippen LogP contribution is -2.16. The number of hydrogen-bond donors (Lipinski definition) is 2. The summed E-state index contributed by atoms with van der Waals surface area (Å²) < 4.78 is 0. The van der Waals surface area contributed by atoms with Crippen molar-refractivity contribution in [3.8, 4) is 5.75 Å². The summed E-state index contributed by atoms with van der Waals surface area (Å²) >= 11 is 0. The predicted molar refractivity (Wildman–Crippen MR) is 75.9 cm³/mol. The van der Waals surface area contributed by atoms with Crippen molar-refractivity contribution in [1.82, 2.24) is 5.32 Å². The maximum absolute atomic E-state index is 9.61. The summed E-state index contributed by atoms with van der Waals surface area (Å²) in [6.45, 7) is 6.97. The van der Waals surface area contributed by atoms with Gasteiger partial charge in [-0.1, -0.05) is 26.0 Å². The van der Waals surface area contributed by atoms with Crippen molar-refractivity contribution in [3.05, 3.63) is 29.8 Å². The van der Waals surface area contributed by atoms with E-state index in [2.05, 4.69) is 25.2 Å². The van der Waals surface area contributed by atoms with Crippen LogP contribution in [-0.2, 0) is 0 Å². The minimum atomic E-state index is 0.390. The van der Waals surface area contributed by atoms with Gasteiger partial charge in [0.05, 0.1) is 0 Å². The Morgan fingerprint density at radius 1 is 1.44 bits per heavy atom. The Hall–Kier alpha value is -1.02. The van der Waals surface area contributed by atoms with E-state index < -0.39 is 0 Å². The second-order valence-electron chi connectivity index (χ2n) is 5.68. The zero-order valence-electron chi connectivity index (χ0n) is 11.5. The molecule has 0 radical (unpaired) electrons. The van der Waals surface area contributed by atoms with Crippen LogP contribution < -0.4 is 5.32 Å². The molecule has 1 aliphatic heterocycles. The molecule has 1 aromatic rings. The summed E-state index contributed by atoms with van der Waals surface area (Å²) in [5.74, 6) is 2.48. The average Bonchev–Trinajstić information content (AvgIpc) is 2.83. The molecule has 100 valence electrons. The number of rotatable bonds is 5. The van der Waals surface area contributed by atoms with Gasteiger partial charge in [-0.3, -0.25) is 0 Å². The van der Waals surface area contributed by atoms with Gasteiger partial charge in [0.15, 0.2) is 0 Å². The Balaban J connectivity index is 2.02. The fourth-order valence-electron chi connectivity index (χ4n) is 3.33. The number of hydrogen-bond acceptors (Lipinski definition) is 2. The maximum atomic E-state index is 9.61. The number of phenolic OH excluding ortho intramolecular Hbond substituents is 1. The zero-order valence-corrected chi connectivity index (χ0v) is 11.5. The number of phenols is 1. The monoisotopic (exact) mass is 247 g/mol. The van der Waals surface area contributed by atoms with Gasteiger partial charge in [-0.2, -0.15) is 0 Å². The van der Waals surface area contributed by atoms with Crippen LogP contribution >= 0.6 is 0 Å². The van der Waals surface area contributed by atoms with Crippen LogP contribution in [0.25, 0.3) is 0 Å². The molecule has 3 unspecified atom stereocenters. The summed E-state index contributed by atoms with van der Waals surface area (Å²) in [5.41, 5.74) is 1.29. The van der Waals surface area contributed by atoms with Gasteiger partial charge in [0.2, 0.25) is 0 Å². The fraction of sp³-hybridized carbons (Fsp3) is 0.625. The van der Waals surface area contributed by atoms with E-state index in [1.807, 2.05) is 12.1 Å². The molecule has 2 rings (SSSR count). The first-order chi connectivity index (χ1) is 8.70. The molecule has 1 fully saturated rings. The molecule has 0 bridgehead atoms. The van der Waals surface area contributed by atoms with Crippen LogP contribution in [0.1, 0.15) is 44.6 Å². The van der Waals surface area contributed by atoms with Crippen LogP contribution in [-0.4, -0.2) is 18.2 Å². The lowest BCUT2D eigenvalue weighted by Gasteiger charge is -2.25. The largest absolute Gasteiger partial charge is 0.508 e. The first kappa shape index (κ1) is 13.4. The van der Waals surface area contributed by atoms with Gasteiger partial charge in [-0.15, -0.1) is 0 Å². The van der Waals surface area contributed by atoms with E-state index >= 15 is 0 Å². The van der Waals surface area contributed by atoms with Crippen molar-refractivity contribution in [1.29, 1.82) is 0 Å². The Morgan fingerprint density at radius 3 is 2.89 bits per heavy atom. The Bertz CT molecular complexity index is 371. The van der Waals surface area contributed by atoms with Crippen LogP contribution in [0, 0.1) is 11.8 Å². The number of nitrogens with one attached hydrogen (secondary N) is 1. The lowest BCUT2D eigenvalue weighted by atomic mass is 9.80. The van der Waals surface area contributed by atoms with Gasteiger partial charge in [0.1, 0.15) is 5.75 Å². The minimum absolute atomic E-state index is 0.390. The standard InChI is InChI=1S/C16H25NO/c1-3-16(14-5-4-6-15(18)10-14)12(2)9-13-7-8-17-11-13/h4-6,10,12-13,16-18H,3,7-9,11H2,1-2H3. The van der Waals surface area contributed by atoms with Crippen LogP contribution in [0.4, 0.5) is 0 Å². The van der Waals surface area contributed by atoms with Crippen molar-refractivity contribution in [2.45, 2.75) is 39.0 Å². The van der Waals surface area contributed by atoms with E-state index in [-0.39, 0.29) is 0 Å². The highest BCUT2D eigenvalue weighted by atomic mass is 16.3. The van der Waals surface area contributed by atoms with Crippen LogP contribution in [0.5, 0.6) is 5.75 Å². The van der Waals surface area contributed by atoms with Gasteiger partial charge in [-0.25, -0.2) is 0 Å². The summed E-state index contributed by atoms with van der Waals surface area (Å²) in [4.78, 5) is 0. The fourth-order valence-corrected chi connectivity index (χ4v) is 3.33. The molecule has 18 heavy (non-hydrogen) atoms. The Morgan fingerprint density at radius 2 is 2.28 bits per heavy atom. The molecular weight excluding hydrogens is 222 g/mol. The molecule has 2 N–H and O–H groups in total. The van der Waals surface area contributed by atoms with E-state index in [1.54, 1.807) is 6.07 Å². The normalized spacial score (nSPS) is 22.9. The molecule has 2 nitrogen and oxygen atoms in total. The van der Waals surface area contributed by atoms with E-state index in [0.29, 0.717) is 17.6 Å². The van der Waals surface area contributed by atoms with Gasteiger partial charge >= 0.3 is 0 Å². The molecule has 0 saturated carbocycles. The molecular formula is C16H25NO. The van der Waals surface area contributed by atoms with Crippen molar-refractivity contribution in [2.24, 2.45) is 11.8 Å². The highest BCUT2D eigenvalue weighted by Crippen LogP contribution is 2.34. The van der Waals surface area contributed by atoms with Crippen LogP contribution in [0.2, 0.25) is 0 Å². The number of aromatic hydroxyl groups is 1. The topological polar surface area (TPSA) is 32.3 Å². The maximum Gasteiger partial charge on any atom is 0.115 e. The third kappa shape index (κ3) is 3.26. The van der Waals surface area contributed by atoms with Crippen molar-refractivity contribution in [3.63, 3.8) is 0 Å². The summed E-state index contributed by atoms with van der Waals surface area (Å²) in [7, 11) is 0. The van der Waals surface area contributed by atoms with E-state index in [1.165, 1.54) is 31.5 Å².